The quantitative estimate of drug-likeness (QED) is 0.512. The molecule has 0 bridgehead atoms. The van der Waals surface area contributed by atoms with E-state index in [2.05, 4.69) is 6.08 Å². The zero-order valence-electron chi connectivity index (χ0n) is 9.59. The minimum absolute atomic E-state index is 0.119. The summed E-state index contributed by atoms with van der Waals surface area (Å²) in [5.74, 6) is 0.615. The van der Waals surface area contributed by atoms with Crippen molar-refractivity contribution in [3.05, 3.63) is 11.6 Å². The van der Waals surface area contributed by atoms with Crippen LogP contribution in [0, 0.1) is 5.92 Å². The Morgan fingerprint density at radius 2 is 2.00 bits per heavy atom. The van der Waals surface area contributed by atoms with Crippen LogP contribution >= 0.6 is 0 Å². The van der Waals surface area contributed by atoms with E-state index in [1.54, 1.807) is 0 Å². The van der Waals surface area contributed by atoms with Gasteiger partial charge in [0, 0.05) is 0 Å². The van der Waals surface area contributed by atoms with Crippen LogP contribution in [0.4, 0.5) is 0 Å². The summed E-state index contributed by atoms with van der Waals surface area (Å²) in [6.45, 7) is 7.68. The van der Waals surface area contributed by atoms with Crippen LogP contribution in [0.2, 0.25) is 0 Å². The number of rotatable bonds is 3. The highest BCUT2D eigenvalue weighted by molar-refractivity contribution is 5.72. The third kappa shape index (κ3) is 5.05. The Morgan fingerprint density at radius 3 is 2.43 bits per heavy atom. The fourth-order valence-corrected chi connectivity index (χ4v) is 1.33. The molecule has 0 aromatic carbocycles. The molecule has 1 saturated carbocycles. The van der Waals surface area contributed by atoms with E-state index < -0.39 is 0 Å². The normalized spacial score (nSPS) is 18.1. The molecule has 0 amide bonds. The van der Waals surface area contributed by atoms with Gasteiger partial charge in [0.15, 0.2) is 0 Å². The predicted molar refractivity (Wildman–Crippen MR) is 56.9 cm³/mol. The molecule has 1 rings (SSSR count). The van der Waals surface area contributed by atoms with E-state index in [9.17, 15) is 4.79 Å². The lowest BCUT2D eigenvalue weighted by molar-refractivity contribution is -0.153. The van der Waals surface area contributed by atoms with Crippen LogP contribution in [-0.2, 0) is 9.53 Å². The van der Waals surface area contributed by atoms with Crippen molar-refractivity contribution in [2.45, 2.75) is 52.6 Å². The van der Waals surface area contributed by atoms with Crippen molar-refractivity contribution in [3.8, 4) is 0 Å². The van der Waals surface area contributed by atoms with Gasteiger partial charge in [-0.2, -0.15) is 0 Å². The highest BCUT2D eigenvalue weighted by Gasteiger charge is 2.20. The van der Waals surface area contributed by atoms with Gasteiger partial charge >= 0.3 is 5.97 Å². The highest BCUT2D eigenvalue weighted by atomic mass is 16.6. The maximum absolute atomic E-state index is 11.4. The molecule has 14 heavy (non-hydrogen) atoms. The summed E-state index contributed by atoms with van der Waals surface area (Å²) in [6, 6.07) is 0. The van der Waals surface area contributed by atoms with Crippen LogP contribution in [0.5, 0.6) is 0 Å². The van der Waals surface area contributed by atoms with E-state index >= 15 is 0 Å². The van der Waals surface area contributed by atoms with Gasteiger partial charge in [-0.15, -0.1) is 0 Å². The fraction of sp³-hybridized carbons (Fsp3) is 0.750. The minimum atomic E-state index is -0.364. The molecule has 0 atom stereocenters. The standard InChI is InChI=1S/C12H20O2/c1-9(7-10-5-6-10)8-11(13)14-12(2,3)4/h7,10H,5-6,8H2,1-4H3/b9-7+. The number of hydrogen-bond acceptors (Lipinski definition) is 2. The van der Waals surface area contributed by atoms with Gasteiger partial charge in [0.1, 0.15) is 5.60 Å². The van der Waals surface area contributed by atoms with Gasteiger partial charge in [0.2, 0.25) is 0 Å². The monoisotopic (exact) mass is 196 g/mol. The number of ether oxygens (including phenoxy) is 1. The highest BCUT2D eigenvalue weighted by Crippen LogP contribution is 2.31. The number of carbonyl (C=O) groups excluding carboxylic acids is 1. The molecule has 2 heteroatoms. The van der Waals surface area contributed by atoms with Gasteiger partial charge in [-0.05, 0) is 46.5 Å². The Balaban J connectivity index is 2.32. The maximum atomic E-state index is 11.4. The van der Waals surface area contributed by atoms with Gasteiger partial charge in [0.05, 0.1) is 6.42 Å². The molecule has 0 spiro atoms. The maximum Gasteiger partial charge on any atom is 0.310 e. The Labute approximate surface area is 86.3 Å². The Bertz CT molecular complexity index is 242. The largest absolute Gasteiger partial charge is 0.460 e. The van der Waals surface area contributed by atoms with Crippen LogP contribution in [0.1, 0.15) is 47.0 Å². The van der Waals surface area contributed by atoms with Crippen molar-refractivity contribution in [2.24, 2.45) is 5.92 Å². The predicted octanol–water partition coefficient (Wildman–Crippen LogP) is 3.07. The third-order valence-electron chi connectivity index (χ3n) is 1.99. The van der Waals surface area contributed by atoms with E-state index in [4.69, 9.17) is 4.74 Å². The van der Waals surface area contributed by atoms with Gasteiger partial charge in [-0.1, -0.05) is 11.6 Å². The molecule has 0 N–H and O–H groups in total. The molecular weight excluding hydrogens is 176 g/mol. The van der Waals surface area contributed by atoms with Crippen molar-refractivity contribution in [1.29, 1.82) is 0 Å². The van der Waals surface area contributed by atoms with E-state index in [0.717, 1.165) is 11.5 Å². The van der Waals surface area contributed by atoms with Gasteiger partial charge in [-0.3, -0.25) is 4.79 Å². The van der Waals surface area contributed by atoms with Crippen molar-refractivity contribution in [3.63, 3.8) is 0 Å². The Hall–Kier alpha value is -0.790. The number of allylic oxidation sites excluding steroid dienone is 1. The Kier molecular flexibility index (Phi) is 3.35. The Morgan fingerprint density at radius 1 is 1.43 bits per heavy atom. The van der Waals surface area contributed by atoms with Crippen LogP contribution in [0.3, 0.4) is 0 Å². The summed E-state index contributed by atoms with van der Waals surface area (Å²) in [5.41, 5.74) is 0.776. The molecular formula is C12H20O2. The molecule has 1 fully saturated rings. The summed E-state index contributed by atoms with van der Waals surface area (Å²) in [5, 5.41) is 0. The van der Waals surface area contributed by atoms with Crippen molar-refractivity contribution >= 4 is 5.97 Å². The first-order valence-corrected chi connectivity index (χ1v) is 5.26. The number of carbonyl (C=O) groups is 1. The first kappa shape index (κ1) is 11.3. The molecule has 2 nitrogen and oxygen atoms in total. The lowest BCUT2D eigenvalue weighted by Crippen LogP contribution is -2.23. The first-order chi connectivity index (χ1) is 6.37. The topological polar surface area (TPSA) is 26.3 Å². The number of esters is 1. The van der Waals surface area contributed by atoms with Crippen molar-refractivity contribution in [2.75, 3.05) is 0 Å². The van der Waals surface area contributed by atoms with Gasteiger partial charge < -0.3 is 4.74 Å². The van der Waals surface area contributed by atoms with E-state index in [-0.39, 0.29) is 11.6 Å². The summed E-state index contributed by atoms with van der Waals surface area (Å²) in [7, 11) is 0. The molecule has 0 aromatic rings. The molecule has 0 aliphatic heterocycles. The van der Waals surface area contributed by atoms with E-state index in [0.29, 0.717) is 6.42 Å². The zero-order valence-corrected chi connectivity index (χ0v) is 9.59. The molecule has 0 saturated heterocycles. The van der Waals surface area contributed by atoms with E-state index in [1.807, 2.05) is 27.7 Å². The van der Waals surface area contributed by atoms with Gasteiger partial charge in [-0.25, -0.2) is 0 Å². The van der Waals surface area contributed by atoms with Gasteiger partial charge in [0.25, 0.3) is 0 Å². The third-order valence-corrected chi connectivity index (χ3v) is 1.99. The van der Waals surface area contributed by atoms with Crippen LogP contribution in [0.15, 0.2) is 11.6 Å². The molecule has 0 aromatic heterocycles. The van der Waals surface area contributed by atoms with Crippen molar-refractivity contribution < 1.29 is 9.53 Å². The number of hydrogen-bond donors (Lipinski definition) is 0. The summed E-state index contributed by atoms with van der Waals surface area (Å²) < 4.78 is 5.23. The average molecular weight is 196 g/mol. The van der Waals surface area contributed by atoms with Crippen LogP contribution in [-0.4, -0.2) is 11.6 Å². The molecule has 80 valence electrons. The lowest BCUT2D eigenvalue weighted by Gasteiger charge is -2.19. The lowest BCUT2D eigenvalue weighted by atomic mass is 10.1. The SMILES string of the molecule is C/C(=C\C1CC1)CC(=O)OC(C)(C)C. The summed E-state index contributed by atoms with van der Waals surface area (Å²) >= 11 is 0. The molecule has 0 heterocycles. The fourth-order valence-electron chi connectivity index (χ4n) is 1.33. The van der Waals surface area contributed by atoms with Crippen molar-refractivity contribution in [1.82, 2.24) is 0 Å². The zero-order chi connectivity index (χ0) is 10.8. The van der Waals surface area contributed by atoms with E-state index in [1.165, 1.54) is 12.8 Å². The summed E-state index contributed by atoms with van der Waals surface area (Å²) in [6.07, 6.45) is 5.20. The summed E-state index contributed by atoms with van der Waals surface area (Å²) in [4.78, 5) is 11.4. The minimum Gasteiger partial charge on any atom is -0.460 e. The smallest absolute Gasteiger partial charge is 0.310 e. The molecule has 0 radical (unpaired) electrons. The van der Waals surface area contributed by atoms with Crippen LogP contribution in [0.25, 0.3) is 0 Å². The molecule has 1 aliphatic rings. The molecule has 0 unspecified atom stereocenters. The second-order valence-corrected chi connectivity index (χ2v) is 5.11. The second-order valence-electron chi connectivity index (χ2n) is 5.11. The molecule has 1 aliphatic carbocycles. The average Bonchev–Trinajstić information content (AvgIpc) is 2.64. The van der Waals surface area contributed by atoms with Crippen LogP contribution < -0.4 is 0 Å². The first-order valence-electron chi connectivity index (χ1n) is 5.26. The second kappa shape index (κ2) is 4.16.